The van der Waals surface area contributed by atoms with Gasteiger partial charge in [-0.3, -0.25) is 10.1 Å². The number of rotatable bonds is 5. The van der Waals surface area contributed by atoms with Crippen molar-refractivity contribution >= 4 is 34.9 Å². The highest BCUT2D eigenvalue weighted by molar-refractivity contribution is 7.13. The molecule has 0 atom stereocenters. The van der Waals surface area contributed by atoms with Crippen molar-refractivity contribution < 1.29 is 9.59 Å². The number of hydrogen-bond acceptors (Lipinski definition) is 6. The molecule has 0 fully saturated rings. The largest absolute Gasteiger partial charge is 0.341 e. The number of aromatic nitrogens is 4. The van der Waals surface area contributed by atoms with Crippen molar-refractivity contribution in [1.29, 1.82) is 0 Å². The number of thiazole rings is 1. The van der Waals surface area contributed by atoms with Crippen LogP contribution in [0.2, 0.25) is 0 Å². The van der Waals surface area contributed by atoms with Crippen LogP contribution >= 0.6 is 11.3 Å². The number of amides is 3. The number of benzene rings is 1. The minimum absolute atomic E-state index is 0.0172. The van der Waals surface area contributed by atoms with E-state index in [0.29, 0.717) is 5.69 Å². The van der Waals surface area contributed by atoms with Gasteiger partial charge in [-0.05, 0) is 24.3 Å². The third kappa shape index (κ3) is 4.38. The molecule has 1 aromatic carbocycles. The summed E-state index contributed by atoms with van der Waals surface area (Å²) in [4.78, 5) is 31.4. The van der Waals surface area contributed by atoms with Gasteiger partial charge < -0.3 is 10.6 Å². The van der Waals surface area contributed by atoms with Gasteiger partial charge in [0.25, 0.3) is 0 Å². The van der Waals surface area contributed by atoms with Gasteiger partial charge in [0, 0.05) is 29.9 Å². The van der Waals surface area contributed by atoms with Gasteiger partial charge in [-0.1, -0.05) is 0 Å². The molecule has 9 nitrogen and oxygen atoms in total. The Morgan fingerprint density at radius 2 is 1.96 bits per heavy atom. The van der Waals surface area contributed by atoms with Crippen LogP contribution < -0.4 is 16.0 Å². The average Bonchev–Trinajstić information content (AvgIpc) is 3.27. The second-order valence-corrected chi connectivity index (χ2v) is 5.83. The summed E-state index contributed by atoms with van der Waals surface area (Å²) in [5.41, 5.74) is 1.67. The molecule has 0 saturated carbocycles. The van der Waals surface area contributed by atoms with E-state index in [-0.39, 0.29) is 18.4 Å². The van der Waals surface area contributed by atoms with Crippen molar-refractivity contribution in [3.05, 3.63) is 42.2 Å². The van der Waals surface area contributed by atoms with Crippen LogP contribution in [0.4, 0.5) is 16.4 Å². The van der Waals surface area contributed by atoms with Crippen LogP contribution in [0.15, 0.2) is 42.2 Å². The zero-order chi connectivity index (χ0) is 17.6. The quantitative estimate of drug-likeness (QED) is 0.644. The molecule has 10 heteroatoms. The van der Waals surface area contributed by atoms with E-state index >= 15 is 0 Å². The van der Waals surface area contributed by atoms with E-state index in [9.17, 15) is 9.59 Å². The topological polar surface area (TPSA) is 114 Å². The lowest BCUT2D eigenvalue weighted by Crippen LogP contribution is -2.25. The first-order chi connectivity index (χ1) is 12.1. The maximum atomic E-state index is 12.1. The molecule has 0 unspecified atom stereocenters. The monoisotopic (exact) mass is 357 g/mol. The average molecular weight is 357 g/mol. The van der Waals surface area contributed by atoms with Crippen LogP contribution in [0.1, 0.15) is 0 Å². The van der Waals surface area contributed by atoms with Gasteiger partial charge in [-0.15, -0.1) is 16.4 Å². The molecule has 128 valence electrons. The van der Waals surface area contributed by atoms with E-state index in [1.54, 1.807) is 17.5 Å². The number of carbonyl (C=O) groups excluding carboxylic acids is 2. The fourth-order valence-electron chi connectivity index (χ4n) is 2.00. The van der Waals surface area contributed by atoms with Crippen molar-refractivity contribution in [2.45, 2.75) is 6.54 Å². The zero-order valence-corrected chi connectivity index (χ0v) is 14.1. The normalized spacial score (nSPS) is 10.3. The Bertz CT molecular complexity index is 858. The minimum atomic E-state index is -0.428. The number of anilines is 2. The lowest BCUT2D eigenvalue weighted by Gasteiger charge is -2.06. The predicted molar refractivity (Wildman–Crippen MR) is 94.3 cm³/mol. The molecule has 0 spiro atoms. The highest BCUT2D eigenvalue weighted by atomic mass is 32.1. The van der Waals surface area contributed by atoms with Gasteiger partial charge in [0.05, 0.1) is 0 Å². The van der Waals surface area contributed by atoms with Crippen LogP contribution in [-0.2, 0) is 11.3 Å². The smallest absolute Gasteiger partial charge is 0.321 e. The first-order valence-corrected chi connectivity index (χ1v) is 8.20. The van der Waals surface area contributed by atoms with Gasteiger partial charge in [-0.25, -0.2) is 19.4 Å². The van der Waals surface area contributed by atoms with E-state index in [1.807, 2.05) is 29.6 Å². The molecular weight excluding hydrogens is 342 g/mol. The predicted octanol–water partition coefficient (Wildman–Crippen LogP) is 1.79. The highest BCUT2D eigenvalue weighted by Crippen LogP contribution is 2.23. The number of urea groups is 1. The fraction of sp³-hybridized carbons (Fsp3) is 0.133. The zero-order valence-electron chi connectivity index (χ0n) is 13.3. The minimum Gasteiger partial charge on any atom is -0.341 e. The van der Waals surface area contributed by atoms with Crippen molar-refractivity contribution in [1.82, 2.24) is 25.1 Å². The molecular formula is C15H15N7O2S. The lowest BCUT2D eigenvalue weighted by atomic mass is 10.2. The first-order valence-electron chi connectivity index (χ1n) is 7.32. The van der Waals surface area contributed by atoms with Crippen LogP contribution in [0.3, 0.4) is 0 Å². The molecule has 0 saturated heterocycles. The maximum absolute atomic E-state index is 12.1. The van der Waals surface area contributed by atoms with Crippen molar-refractivity contribution in [2.75, 3.05) is 17.7 Å². The molecule has 0 bridgehead atoms. The third-order valence-corrected chi connectivity index (χ3v) is 3.96. The standard InChI is InChI=1S/C15H15N7O2S/c1-16-15(24)20-14-18-9-22(21-14)8-12(23)19-11-4-2-10(3-5-11)13-17-6-7-25-13/h2-7,9H,8H2,1H3,(H,19,23)(H2,16,20,21,24). The summed E-state index contributed by atoms with van der Waals surface area (Å²) in [5, 5.41) is 14.4. The van der Waals surface area contributed by atoms with Gasteiger partial charge in [-0.2, -0.15) is 0 Å². The summed E-state index contributed by atoms with van der Waals surface area (Å²) in [5.74, 6) is -0.127. The Hall–Kier alpha value is -3.27. The Balaban J connectivity index is 1.56. The summed E-state index contributed by atoms with van der Waals surface area (Å²) in [6, 6.07) is 7.00. The molecule has 2 aromatic heterocycles. The van der Waals surface area contributed by atoms with Crippen LogP contribution in [0.25, 0.3) is 10.6 Å². The van der Waals surface area contributed by atoms with E-state index in [1.165, 1.54) is 18.1 Å². The van der Waals surface area contributed by atoms with E-state index in [4.69, 9.17) is 0 Å². The number of carbonyl (C=O) groups is 2. The van der Waals surface area contributed by atoms with Crippen LogP contribution in [-0.4, -0.2) is 38.7 Å². The Morgan fingerprint density at radius 3 is 2.64 bits per heavy atom. The van der Waals surface area contributed by atoms with Crippen molar-refractivity contribution in [3.63, 3.8) is 0 Å². The maximum Gasteiger partial charge on any atom is 0.321 e. The molecule has 3 amide bonds. The first kappa shape index (κ1) is 16.6. The summed E-state index contributed by atoms with van der Waals surface area (Å²) in [6.45, 7) is -0.0172. The van der Waals surface area contributed by atoms with Gasteiger partial charge >= 0.3 is 6.03 Å². The number of nitrogens with zero attached hydrogens (tertiary/aromatic N) is 4. The number of nitrogens with one attached hydrogen (secondary N) is 3. The van der Waals surface area contributed by atoms with Gasteiger partial charge in [0.15, 0.2) is 0 Å². The fourth-order valence-corrected chi connectivity index (χ4v) is 2.65. The summed E-state index contributed by atoms with van der Waals surface area (Å²) in [7, 11) is 1.49. The second-order valence-electron chi connectivity index (χ2n) is 4.93. The Morgan fingerprint density at radius 1 is 1.16 bits per heavy atom. The van der Waals surface area contributed by atoms with Gasteiger partial charge in [0.1, 0.15) is 17.9 Å². The molecule has 0 aliphatic heterocycles. The molecule has 3 rings (SSSR count). The molecule has 0 aliphatic carbocycles. The molecule has 0 aliphatic rings. The number of hydrogen-bond donors (Lipinski definition) is 3. The third-order valence-electron chi connectivity index (χ3n) is 3.14. The lowest BCUT2D eigenvalue weighted by molar-refractivity contribution is -0.116. The molecule has 3 aromatic rings. The summed E-state index contributed by atoms with van der Waals surface area (Å²) >= 11 is 1.55. The van der Waals surface area contributed by atoms with Crippen LogP contribution in [0.5, 0.6) is 0 Å². The van der Waals surface area contributed by atoms with Gasteiger partial charge in [0.2, 0.25) is 11.9 Å². The molecule has 3 N–H and O–H groups in total. The van der Waals surface area contributed by atoms with Crippen molar-refractivity contribution in [3.8, 4) is 10.6 Å². The summed E-state index contributed by atoms with van der Waals surface area (Å²) < 4.78 is 1.34. The van der Waals surface area contributed by atoms with E-state index in [2.05, 4.69) is 31.0 Å². The second kappa shape index (κ2) is 7.53. The molecule has 25 heavy (non-hydrogen) atoms. The van der Waals surface area contributed by atoms with E-state index in [0.717, 1.165) is 10.6 Å². The Labute approximate surface area is 147 Å². The van der Waals surface area contributed by atoms with E-state index < -0.39 is 6.03 Å². The highest BCUT2D eigenvalue weighted by Gasteiger charge is 2.08. The SMILES string of the molecule is CNC(=O)Nc1ncn(CC(=O)Nc2ccc(-c3nccs3)cc2)n1. The molecule has 0 radical (unpaired) electrons. The van der Waals surface area contributed by atoms with Crippen LogP contribution in [0, 0.1) is 0 Å². The molecule has 2 heterocycles. The summed E-state index contributed by atoms with van der Waals surface area (Å²) in [6.07, 6.45) is 3.12. The Kier molecular flexibility index (Phi) is 5.00. The van der Waals surface area contributed by atoms with Crippen molar-refractivity contribution in [2.24, 2.45) is 0 Å².